The minimum Gasteiger partial charge on any atom is -0.379 e. The van der Waals surface area contributed by atoms with Crippen molar-refractivity contribution in [1.29, 1.82) is 0 Å². The average molecular weight is 269 g/mol. The molecule has 0 radical (unpaired) electrons. The zero-order chi connectivity index (χ0) is 12.9. The first-order chi connectivity index (χ1) is 7.99. The van der Waals surface area contributed by atoms with Crippen LogP contribution >= 0.6 is 11.3 Å². The van der Waals surface area contributed by atoms with E-state index in [2.05, 4.69) is 10.4 Å². The van der Waals surface area contributed by atoms with Gasteiger partial charge in [-0.1, -0.05) is 6.92 Å². The molecule has 98 valence electrons. The van der Waals surface area contributed by atoms with Crippen LogP contribution in [0.2, 0.25) is 0 Å². The van der Waals surface area contributed by atoms with E-state index in [1.54, 1.807) is 0 Å². The van der Waals surface area contributed by atoms with Crippen molar-refractivity contribution in [1.82, 2.24) is 10.4 Å². The largest absolute Gasteiger partial charge is 0.443 e. The van der Waals surface area contributed by atoms with Crippen LogP contribution in [0.1, 0.15) is 29.3 Å². The predicted octanol–water partition coefficient (Wildman–Crippen LogP) is 2.09. The van der Waals surface area contributed by atoms with E-state index in [0.717, 1.165) is 6.42 Å². The normalized spacial score (nSPS) is 13.9. The van der Waals surface area contributed by atoms with Crippen LogP contribution in [0, 0.1) is 0 Å². The van der Waals surface area contributed by atoms with Gasteiger partial charge >= 0.3 is 6.18 Å². The van der Waals surface area contributed by atoms with Crippen LogP contribution in [0.15, 0.2) is 6.20 Å². The van der Waals surface area contributed by atoms with Crippen LogP contribution in [0.25, 0.3) is 0 Å². The highest BCUT2D eigenvalue weighted by molar-refractivity contribution is 7.11. The van der Waals surface area contributed by atoms with Crippen molar-refractivity contribution in [2.45, 2.75) is 25.6 Å². The Kier molecular flexibility index (Phi) is 5.31. The maximum absolute atomic E-state index is 12.3. The highest BCUT2D eigenvalue weighted by Gasteiger charge is 2.35. The fourth-order valence-corrected chi connectivity index (χ4v) is 1.96. The summed E-state index contributed by atoms with van der Waals surface area (Å²) in [5, 5.41) is -0.872. The van der Waals surface area contributed by atoms with E-state index < -0.39 is 17.2 Å². The minimum absolute atomic E-state index is 0.226. The average Bonchev–Trinajstić information content (AvgIpc) is 2.73. The number of hydrogen-bond acceptors (Lipinski definition) is 5. The Morgan fingerprint density at radius 1 is 1.59 bits per heavy atom. The molecule has 0 aliphatic rings. The minimum atomic E-state index is -4.41. The summed E-state index contributed by atoms with van der Waals surface area (Å²) in [6, 6.07) is -0.463. The number of hydrazine groups is 1. The SMILES string of the molecule is CCCOCC(NN)c1cnc(C(F)(F)F)s1. The number of ether oxygens (including phenoxy) is 1. The van der Waals surface area contributed by atoms with Gasteiger partial charge in [-0.15, -0.1) is 11.3 Å². The van der Waals surface area contributed by atoms with Gasteiger partial charge in [0.05, 0.1) is 12.6 Å². The van der Waals surface area contributed by atoms with Gasteiger partial charge in [0.25, 0.3) is 0 Å². The summed E-state index contributed by atoms with van der Waals surface area (Å²) in [7, 11) is 0. The molecule has 0 aliphatic carbocycles. The molecule has 0 saturated heterocycles. The summed E-state index contributed by atoms with van der Waals surface area (Å²) < 4.78 is 42.3. The smallest absolute Gasteiger partial charge is 0.379 e. The fraction of sp³-hybridized carbons (Fsp3) is 0.667. The summed E-state index contributed by atoms with van der Waals surface area (Å²) in [5.41, 5.74) is 2.42. The van der Waals surface area contributed by atoms with Gasteiger partial charge in [0.2, 0.25) is 0 Å². The Hall–Kier alpha value is -0.700. The van der Waals surface area contributed by atoms with E-state index >= 15 is 0 Å². The quantitative estimate of drug-likeness (QED) is 0.471. The maximum Gasteiger partial charge on any atom is 0.443 e. The number of rotatable bonds is 6. The van der Waals surface area contributed by atoms with Crippen LogP contribution in [-0.4, -0.2) is 18.2 Å². The number of hydrogen-bond donors (Lipinski definition) is 2. The van der Waals surface area contributed by atoms with Crippen molar-refractivity contribution in [2.24, 2.45) is 5.84 Å². The van der Waals surface area contributed by atoms with Crippen molar-refractivity contribution < 1.29 is 17.9 Å². The number of nitrogens with zero attached hydrogens (tertiary/aromatic N) is 1. The molecule has 0 fully saturated rings. The van der Waals surface area contributed by atoms with E-state index in [0.29, 0.717) is 22.8 Å². The summed E-state index contributed by atoms with van der Waals surface area (Å²) >= 11 is 0.572. The molecule has 0 saturated carbocycles. The van der Waals surface area contributed by atoms with Gasteiger partial charge in [0.1, 0.15) is 0 Å². The highest BCUT2D eigenvalue weighted by atomic mass is 32.1. The summed E-state index contributed by atoms with van der Waals surface area (Å²) in [6.07, 6.45) is -2.40. The second kappa shape index (κ2) is 6.29. The molecule has 1 heterocycles. The summed E-state index contributed by atoms with van der Waals surface area (Å²) in [4.78, 5) is 3.74. The van der Waals surface area contributed by atoms with Gasteiger partial charge in [-0.05, 0) is 6.42 Å². The molecule has 4 nitrogen and oxygen atoms in total. The third-order valence-corrected chi connectivity index (χ3v) is 3.10. The Bertz CT molecular complexity index is 342. The monoisotopic (exact) mass is 269 g/mol. The van der Waals surface area contributed by atoms with E-state index in [-0.39, 0.29) is 6.61 Å². The molecule has 1 aromatic rings. The first-order valence-corrected chi connectivity index (χ1v) is 5.87. The third-order valence-electron chi connectivity index (χ3n) is 1.94. The molecule has 0 aliphatic heterocycles. The molecular formula is C9H14F3N3OS. The molecule has 0 bridgehead atoms. The zero-order valence-electron chi connectivity index (χ0n) is 9.25. The lowest BCUT2D eigenvalue weighted by Crippen LogP contribution is -2.30. The van der Waals surface area contributed by atoms with Gasteiger partial charge in [0.15, 0.2) is 5.01 Å². The molecule has 0 aromatic carbocycles. The van der Waals surface area contributed by atoms with Crippen molar-refractivity contribution in [3.63, 3.8) is 0 Å². The number of alkyl halides is 3. The van der Waals surface area contributed by atoms with Gasteiger partial charge in [0, 0.05) is 17.7 Å². The van der Waals surface area contributed by atoms with Crippen LogP contribution in [0.3, 0.4) is 0 Å². The summed E-state index contributed by atoms with van der Waals surface area (Å²) in [5.74, 6) is 5.27. The maximum atomic E-state index is 12.3. The molecule has 1 unspecified atom stereocenters. The first-order valence-electron chi connectivity index (χ1n) is 5.05. The van der Waals surface area contributed by atoms with E-state index in [1.165, 1.54) is 6.20 Å². The number of nitrogens with two attached hydrogens (primary N) is 1. The van der Waals surface area contributed by atoms with Gasteiger partial charge in [-0.2, -0.15) is 13.2 Å². The Morgan fingerprint density at radius 3 is 2.76 bits per heavy atom. The van der Waals surface area contributed by atoms with Crippen LogP contribution in [0.4, 0.5) is 13.2 Å². The number of aromatic nitrogens is 1. The molecule has 1 rings (SSSR count). The topological polar surface area (TPSA) is 60.2 Å². The second-order valence-corrected chi connectivity index (χ2v) is 4.42. The molecule has 8 heteroatoms. The van der Waals surface area contributed by atoms with Gasteiger partial charge < -0.3 is 4.74 Å². The predicted molar refractivity (Wildman–Crippen MR) is 58.3 cm³/mol. The van der Waals surface area contributed by atoms with Gasteiger partial charge in [-0.25, -0.2) is 10.4 Å². The van der Waals surface area contributed by atoms with Crippen molar-refractivity contribution in [2.75, 3.05) is 13.2 Å². The molecule has 1 aromatic heterocycles. The van der Waals surface area contributed by atoms with Crippen LogP contribution in [-0.2, 0) is 10.9 Å². The lowest BCUT2D eigenvalue weighted by atomic mass is 10.3. The van der Waals surface area contributed by atoms with Crippen molar-refractivity contribution in [3.8, 4) is 0 Å². The van der Waals surface area contributed by atoms with Crippen LogP contribution < -0.4 is 11.3 Å². The molecule has 1 atom stereocenters. The standard InChI is InChI=1S/C9H14F3N3OS/c1-2-3-16-5-6(15-13)7-4-14-8(17-7)9(10,11)12/h4,6,15H,2-3,5,13H2,1H3. The lowest BCUT2D eigenvalue weighted by molar-refractivity contribution is -0.137. The summed E-state index contributed by atoms with van der Waals surface area (Å²) in [6.45, 7) is 2.71. The van der Waals surface area contributed by atoms with Crippen molar-refractivity contribution in [3.05, 3.63) is 16.1 Å². The highest BCUT2D eigenvalue weighted by Crippen LogP contribution is 2.34. The first kappa shape index (κ1) is 14.4. The molecule has 0 spiro atoms. The lowest BCUT2D eigenvalue weighted by Gasteiger charge is -2.13. The molecular weight excluding hydrogens is 255 g/mol. The number of nitrogens with one attached hydrogen (secondary N) is 1. The van der Waals surface area contributed by atoms with E-state index in [9.17, 15) is 13.2 Å². The molecule has 3 N–H and O–H groups in total. The number of thiazole rings is 1. The number of halogens is 3. The van der Waals surface area contributed by atoms with E-state index in [4.69, 9.17) is 10.6 Å². The molecule has 0 amide bonds. The zero-order valence-corrected chi connectivity index (χ0v) is 10.1. The third kappa shape index (κ3) is 4.23. The Labute approximate surface area is 101 Å². The Morgan fingerprint density at radius 2 is 2.29 bits per heavy atom. The van der Waals surface area contributed by atoms with E-state index in [1.807, 2.05) is 6.92 Å². The van der Waals surface area contributed by atoms with Crippen molar-refractivity contribution >= 4 is 11.3 Å². The van der Waals surface area contributed by atoms with Gasteiger partial charge in [-0.3, -0.25) is 5.84 Å². The molecule has 17 heavy (non-hydrogen) atoms. The Balaban J connectivity index is 2.66. The van der Waals surface area contributed by atoms with Crippen LogP contribution in [0.5, 0.6) is 0 Å². The second-order valence-electron chi connectivity index (χ2n) is 3.36. The fourth-order valence-electron chi connectivity index (χ4n) is 1.14.